The topological polar surface area (TPSA) is 71.6 Å². The third kappa shape index (κ3) is 4.73. The number of amides is 1. The molecule has 0 spiro atoms. The molecule has 0 saturated carbocycles. The number of alkyl halides is 2. The van der Waals surface area contributed by atoms with E-state index in [1.165, 1.54) is 31.4 Å². The number of carbonyl (C=O) groups is 1. The molecule has 9 heteroatoms. The van der Waals surface area contributed by atoms with Crippen LogP contribution >= 0.6 is 0 Å². The van der Waals surface area contributed by atoms with Crippen LogP contribution in [0.4, 0.5) is 13.2 Å². The maximum Gasteiger partial charge on any atom is 0.387 e. The number of nitrogens with one attached hydrogen (secondary N) is 3. The lowest BCUT2D eigenvalue weighted by Crippen LogP contribution is -2.34. The van der Waals surface area contributed by atoms with Gasteiger partial charge in [-0.1, -0.05) is 18.2 Å². The smallest absolute Gasteiger partial charge is 0.387 e. The summed E-state index contributed by atoms with van der Waals surface area (Å²) in [4.78, 5) is 12.6. The van der Waals surface area contributed by atoms with Gasteiger partial charge in [0.2, 0.25) is 5.91 Å². The Balaban J connectivity index is 1.64. The van der Waals surface area contributed by atoms with Gasteiger partial charge in [0.15, 0.2) is 11.5 Å². The molecule has 1 amide bonds. The van der Waals surface area contributed by atoms with E-state index in [-0.39, 0.29) is 35.8 Å². The zero-order chi connectivity index (χ0) is 20.1. The van der Waals surface area contributed by atoms with Gasteiger partial charge in [0.05, 0.1) is 19.1 Å². The molecular formula is C19H20F3N3O3. The third-order valence-corrected chi connectivity index (χ3v) is 4.46. The number of halogens is 3. The Morgan fingerprint density at radius 2 is 1.96 bits per heavy atom. The molecule has 0 bridgehead atoms. The fraction of sp³-hybridized carbons (Fsp3) is 0.316. The minimum atomic E-state index is -2.95. The summed E-state index contributed by atoms with van der Waals surface area (Å²) in [7, 11) is 1.35. The van der Waals surface area contributed by atoms with Gasteiger partial charge in [-0.25, -0.2) is 9.82 Å². The van der Waals surface area contributed by atoms with Crippen molar-refractivity contribution in [3.8, 4) is 11.5 Å². The van der Waals surface area contributed by atoms with Crippen molar-refractivity contribution < 1.29 is 27.4 Å². The van der Waals surface area contributed by atoms with E-state index in [1.807, 2.05) is 0 Å². The fourth-order valence-electron chi connectivity index (χ4n) is 3.06. The Morgan fingerprint density at radius 3 is 2.64 bits per heavy atom. The first kappa shape index (κ1) is 20.0. The standard InChI is InChI=1S/C19H20F3N3O3/c1-27-16-8-11(2-7-15(16)28-19(21)22)9-23-18(26)14-10-24-25-17(14)12-3-5-13(20)6-4-12/h2-8,14,17,19,24-25H,9-10H2,1H3,(H,23,26). The van der Waals surface area contributed by atoms with Crippen molar-refractivity contribution in [1.82, 2.24) is 16.2 Å². The van der Waals surface area contributed by atoms with E-state index in [1.54, 1.807) is 18.2 Å². The van der Waals surface area contributed by atoms with Gasteiger partial charge >= 0.3 is 6.61 Å². The third-order valence-electron chi connectivity index (χ3n) is 4.46. The van der Waals surface area contributed by atoms with Crippen LogP contribution in [0.15, 0.2) is 42.5 Å². The lowest BCUT2D eigenvalue weighted by atomic mass is 9.94. The molecular weight excluding hydrogens is 375 g/mol. The zero-order valence-corrected chi connectivity index (χ0v) is 15.0. The van der Waals surface area contributed by atoms with Gasteiger partial charge in [0.25, 0.3) is 0 Å². The molecule has 1 aliphatic rings. The molecule has 3 N–H and O–H groups in total. The average molecular weight is 395 g/mol. The van der Waals surface area contributed by atoms with Crippen molar-refractivity contribution in [2.75, 3.05) is 13.7 Å². The van der Waals surface area contributed by atoms with E-state index >= 15 is 0 Å². The fourth-order valence-corrected chi connectivity index (χ4v) is 3.06. The van der Waals surface area contributed by atoms with Gasteiger partial charge in [-0.2, -0.15) is 8.78 Å². The second-order valence-electron chi connectivity index (χ2n) is 6.24. The maximum absolute atomic E-state index is 13.1. The minimum absolute atomic E-state index is 0.0758. The molecule has 28 heavy (non-hydrogen) atoms. The molecule has 150 valence electrons. The molecule has 0 aliphatic carbocycles. The highest BCUT2D eigenvalue weighted by atomic mass is 19.3. The number of benzene rings is 2. The molecule has 2 aromatic carbocycles. The first-order chi connectivity index (χ1) is 13.5. The summed E-state index contributed by atoms with van der Waals surface area (Å²) < 4.78 is 47.3. The lowest BCUT2D eigenvalue weighted by molar-refractivity contribution is -0.125. The molecule has 1 aliphatic heterocycles. The summed E-state index contributed by atoms with van der Waals surface area (Å²) in [6.07, 6.45) is 0. The predicted octanol–water partition coefficient (Wildman–Crippen LogP) is 2.52. The van der Waals surface area contributed by atoms with Crippen LogP contribution in [0.5, 0.6) is 11.5 Å². The van der Waals surface area contributed by atoms with Gasteiger partial charge in [-0.3, -0.25) is 10.2 Å². The van der Waals surface area contributed by atoms with Gasteiger partial charge in [-0.15, -0.1) is 0 Å². The molecule has 6 nitrogen and oxygen atoms in total. The quantitative estimate of drug-likeness (QED) is 0.672. The molecule has 2 unspecified atom stereocenters. The second-order valence-corrected chi connectivity index (χ2v) is 6.24. The summed E-state index contributed by atoms with van der Waals surface area (Å²) in [6, 6.07) is 10.1. The highest BCUT2D eigenvalue weighted by molar-refractivity contribution is 5.80. The van der Waals surface area contributed by atoms with Crippen molar-refractivity contribution in [3.05, 3.63) is 59.4 Å². The van der Waals surface area contributed by atoms with E-state index in [0.29, 0.717) is 12.1 Å². The Kier molecular flexibility index (Phi) is 6.37. The summed E-state index contributed by atoms with van der Waals surface area (Å²) in [5, 5.41) is 2.83. The number of carbonyl (C=O) groups excluding carboxylic acids is 1. The summed E-state index contributed by atoms with van der Waals surface area (Å²) in [5.41, 5.74) is 7.43. The van der Waals surface area contributed by atoms with Crippen LogP contribution in [-0.4, -0.2) is 26.2 Å². The zero-order valence-electron chi connectivity index (χ0n) is 15.0. The molecule has 3 rings (SSSR count). The number of rotatable bonds is 7. The number of methoxy groups -OCH3 is 1. The highest BCUT2D eigenvalue weighted by Crippen LogP contribution is 2.30. The largest absolute Gasteiger partial charge is 0.493 e. The lowest BCUT2D eigenvalue weighted by Gasteiger charge is -2.19. The second kappa shape index (κ2) is 8.94. The van der Waals surface area contributed by atoms with Crippen LogP contribution in [0, 0.1) is 11.7 Å². The number of hydrogen-bond acceptors (Lipinski definition) is 5. The van der Waals surface area contributed by atoms with E-state index in [9.17, 15) is 18.0 Å². The van der Waals surface area contributed by atoms with E-state index in [4.69, 9.17) is 4.74 Å². The first-order valence-electron chi connectivity index (χ1n) is 8.61. The average Bonchev–Trinajstić information content (AvgIpc) is 3.17. The van der Waals surface area contributed by atoms with Crippen molar-refractivity contribution in [3.63, 3.8) is 0 Å². The molecule has 2 atom stereocenters. The number of hydrogen-bond donors (Lipinski definition) is 3. The molecule has 1 fully saturated rings. The molecule has 1 saturated heterocycles. The SMILES string of the molecule is COc1cc(CNC(=O)C2CNNC2c2ccc(F)cc2)ccc1OC(F)F. The normalized spacial score (nSPS) is 18.9. The van der Waals surface area contributed by atoms with E-state index < -0.39 is 12.5 Å². The van der Waals surface area contributed by atoms with E-state index in [2.05, 4.69) is 20.9 Å². The van der Waals surface area contributed by atoms with Crippen LogP contribution in [0.2, 0.25) is 0 Å². The molecule has 2 aromatic rings. The molecule has 0 radical (unpaired) electrons. The summed E-state index contributed by atoms with van der Waals surface area (Å²) in [6.45, 7) is -2.35. The monoisotopic (exact) mass is 395 g/mol. The number of hydrazine groups is 1. The van der Waals surface area contributed by atoms with Gasteiger partial charge in [0, 0.05) is 13.1 Å². The van der Waals surface area contributed by atoms with Crippen LogP contribution in [0.1, 0.15) is 17.2 Å². The summed E-state index contributed by atoms with van der Waals surface area (Å²) >= 11 is 0. The Morgan fingerprint density at radius 1 is 1.21 bits per heavy atom. The number of ether oxygens (including phenoxy) is 2. The maximum atomic E-state index is 13.1. The Bertz CT molecular complexity index is 818. The molecule has 1 heterocycles. The minimum Gasteiger partial charge on any atom is -0.493 e. The predicted molar refractivity (Wildman–Crippen MR) is 95.2 cm³/mol. The van der Waals surface area contributed by atoms with Crippen molar-refractivity contribution in [2.24, 2.45) is 5.92 Å². The van der Waals surface area contributed by atoms with Crippen LogP contribution in [0.3, 0.4) is 0 Å². The summed E-state index contributed by atoms with van der Waals surface area (Å²) in [5.74, 6) is -0.856. The van der Waals surface area contributed by atoms with Crippen LogP contribution in [-0.2, 0) is 11.3 Å². The molecule has 0 aromatic heterocycles. The van der Waals surface area contributed by atoms with E-state index in [0.717, 1.165) is 5.56 Å². The van der Waals surface area contributed by atoms with Crippen LogP contribution < -0.4 is 25.6 Å². The van der Waals surface area contributed by atoms with Gasteiger partial charge in [-0.05, 0) is 35.4 Å². The van der Waals surface area contributed by atoms with Crippen molar-refractivity contribution >= 4 is 5.91 Å². The highest BCUT2D eigenvalue weighted by Gasteiger charge is 2.33. The van der Waals surface area contributed by atoms with Gasteiger partial charge in [0.1, 0.15) is 5.82 Å². The Hall–Kier alpha value is -2.78. The van der Waals surface area contributed by atoms with Crippen molar-refractivity contribution in [1.29, 1.82) is 0 Å². The van der Waals surface area contributed by atoms with Gasteiger partial charge < -0.3 is 14.8 Å². The van der Waals surface area contributed by atoms with Crippen molar-refractivity contribution in [2.45, 2.75) is 19.2 Å². The Labute approximate surface area is 160 Å². The van der Waals surface area contributed by atoms with Crippen LogP contribution in [0.25, 0.3) is 0 Å². The first-order valence-corrected chi connectivity index (χ1v) is 8.61.